The molecule has 1 N–H and O–H groups in total. The van der Waals surface area contributed by atoms with Crippen LogP contribution in [0.4, 0.5) is 0 Å². The van der Waals surface area contributed by atoms with E-state index in [1.54, 1.807) is 6.07 Å². The number of carbonyl (C=O) groups is 1. The average molecular weight is 245 g/mol. The van der Waals surface area contributed by atoms with Gasteiger partial charge in [-0.1, -0.05) is 27.2 Å². The SMILES string of the molecule is CCCC(C)(C)CNC(=O)c1cncc(C#N)c1. The molecule has 18 heavy (non-hydrogen) atoms. The molecule has 0 spiro atoms. The second-order valence-electron chi connectivity index (χ2n) is 5.17. The first kappa shape index (κ1) is 14.2. The minimum atomic E-state index is -0.177. The lowest BCUT2D eigenvalue weighted by atomic mass is 9.88. The van der Waals surface area contributed by atoms with Gasteiger partial charge in [0.2, 0.25) is 0 Å². The van der Waals surface area contributed by atoms with Crippen LogP contribution >= 0.6 is 0 Å². The van der Waals surface area contributed by atoms with E-state index in [9.17, 15) is 4.79 Å². The van der Waals surface area contributed by atoms with Crippen LogP contribution in [0.1, 0.15) is 49.5 Å². The van der Waals surface area contributed by atoms with Crippen molar-refractivity contribution in [3.63, 3.8) is 0 Å². The van der Waals surface area contributed by atoms with E-state index in [4.69, 9.17) is 5.26 Å². The third-order valence-corrected chi connectivity index (χ3v) is 2.78. The maximum Gasteiger partial charge on any atom is 0.252 e. The number of rotatable bonds is 5. The molecule has 1 rings (SSSR count). The van der Waals surface area contributed by atoms with Crippen molar-refractivity contribution >= 4 is 5.91 Å². The zero-order chi connectivity index (χ0) is 13.6. The maximum atomic E-state index is 11.9. The number of carbonyl (C=O) groups excluding carboxylic acids is 1. The molecule has 96 valence electrons. The highest BCUT2D eigenvalue weighted by molar-refractivity contribution is 5.94. The summed E-state index contributed by atoms with van der Waals surface area (Å²) in [6.45, 7) is 7.00. The number of hydrogen-bond acceptors (Lipinski definition) is 3. The molecule has 1 aromatic heterocycles. The fraction of sp³-hybridized carbons (Fsp3) is 0.500. The number of amides is 1. The normalized spacial score (nSPS) is 10.8. The molecule has 1 heterocycles. The van der Waals surface area contributed by atoms with Gasteiger partial charge in [-0.2, -0.15) is 5.26 Å². The summed E-state index contributed by atoms with van der Waals surface area (Å²) < 4.78 is 0. The van der Waals surface area contributed by atoms with Crippen LogP contribution in [0.5, 0.6) is 0 Å². The van der Waals surface area contributed by atoms with Gasteiger partial charge in [-0.05, 0) is 17.9 Å². The highest BCUT2D eigenvalue weighted by atomic mass is 16.1. The fourth-order valence-electron chi connectivity index (χ4n) is 1.81. The Hall–Kier alpha value is -1.89. The highest BCUT2D eigenvalue weighted by Gasteiger charge is 2.18. The minimum Gasteiger partial charge on any atom is -0.351 e. The van der Waals surface area contributed by atoms with Crippen molar-refractivity contribution in [1.29, 1.82) is 5.26 Å². The number of nitrogens with zero attached hydrogens (tertiary/aromatic N) is 2. The third kappa shape index (κ3) is 4.17. The number of nitriles is 1. The van der Waals surface area contributed by atoms with E-state index in [0.29, 0.717) is 17.7 Å². The summed E-state index contributed by atoms with van der Waals surface area (Å²) in [7, 11) is 0. The first-order valence-corrected chi connectivity index (χ1v) is 6.12. The van der Waals surface area contributed by atoms with Crippen LogP contribution in [-0.4, -0.2) is 17.4 Å². The minimum absolute atomic E-state index is 0.0880. The van der Waals surface area contributed by atoms with Crippen LogP contribution in [0.15, 0.2) is 18.5 Å². The molecule has 0 unspecified atom stereocenters. The Morgan fingerprint density at radius 3 is 2.83 bits per heavy atom. The van der Waals surface area contributed by atoms with Gasteiger partial charge in [-0.25, -0.2) is 0 Å². The van der Waals surface area contributed by atoms with Gasteiger partial charge in [0.25, 0.3) is 5.91 Å². The summed E-state index contributed by atoms with van der Waals surface area (Å²) in [6.07, 6.45) is 5.07. The largest absolute Gasteiger partial charge is 0.351 e. The molecule has 4 nitrogen and oxygen atoms in total. The van der Waals surface area contributed by atoms with E-state index < -0.39 is 0 Å². The highest BCUT2D eigenvalue weighted by Crippen LogP contribution is 2.20. The van der Waals surface area contributed by atoms with E-state index in [1.807, 2.05) is 6.07 Å². The quantitative estimate of drug-likeness (QED) is 0.866. The lowest BCUT2D eigenvalue weighted by Gasteiger charge is -2.24. The van der Waals surface area contributed by atoms with Crippen molar-refractivity contribution in [1.82, 2.24) is 10.3 Å². The van der Waals surface area contributed by atoms with Crippen molar-refractivity contribution in [3.05, 3.63) is 29.6 Å². The van der Waals surface area contributed by atoms with E-state index >= 15 is 0 Å². The van der Waals surface area contributed by atoms with Crippen molar-refractivity contribution in [2.75, 3.05) is 6.54 Å². The van der Waals surface area contributed by atoms with Gasteiger partial charge in [0.1, 0.15) is 6.07 Å². The Labute approximate surface area is 108 Å². The van der Waals surface area contributed by atoms with Gasteiger partial charge in [-0.15, -0.1) is 0 Å². The second kappa shape index (κ2) is 6.15. The maximum absolute atomic E-state index is 11.9. The fourth-order valence-corrected chi connectivity index (χ4v) is 1.81. The Balaban J connectivity index is 2.63. The number of pyridine rings is 1. The monoisotopic (exact) mass is 245 g/mol. The smallest absolute Gasteiger partial charge is 0.252 e. The van der Waals surface area contributed by atoms with Gasteiger partial charge in [0, 0.05) is 18.9 Å². The van der Waals surface area contributed by atoms with Crippen molar-refractivity contribution in [2.24, 2.45) is 5.41 Å². The topological polar surface area (TPSA) is 65.8 Å². The zero-order valence-corrected chi connectivity index (χ0v) is 11.2. The molecule has 0 aliphatic carbocycles. The second-order valence-corrected chi connectivity index (χ2v) is 5.17. The molecule has 0 aliphatic rings. The summed E-state index contributed by atoms with van der Waals surface area (Å²) in [5.74, 6) is -0.177. The molecule has 0 aliphatic heterocycles. The Kier molecular flexibility index (Phi) is 4.85. The summed E-state index contributed by atoms with van der Waals surface area (Å²) in [6, 6.07) is 3.52. The number of nitrogens with one attached hydrogen (secondary N) is 1. The van der Waals surface area contributed by atoms with Crippen LogP contribution in [0.25, 0.3) is 0 Å². The molecule has 0 atom stereocenters. The lowest BCUT2D eigenvalue weighted by molar-refractivity contribution is 0.0934. The van der Waals surface area contributed by atoms with E-state index in [1.165, 1.54) is 12.4 Å². The van der Waals surface area contributed by atoms with Crippen LogP contribution in [0.3, 0.4) is 0 Å². The van der Waals surface area contributed by atoms with Crippen molar-refractivity contribution in [2.45, 2.75) is 33.6 Å². The average Bonchev–Trinajstić information content (AvgIpc) is 2.36. The molecule has 0 aromatic carbocycles. The molecule has 0 fully saturated rings. The van der Waals surface area contributed by atoms with Crippen molar-refractivity contribution in [3.8, 4) is 6.07 Å². The van der Waals surface area contributed by atoms with Gasteiger partial charge < -0.3 is 5.32 Å². The summed E-state index contributed by atoms with van der Waals surface area (Å²) in [5.41, 5.74) is 0.918. The third-order valence-electron chi connectivity index (χ3n) is 2.78. The van der Waals surface area contributed by atoms with E-state index in [0.717, 1.165) is 12.8 Å². The molecule has 0 saturated carbocycles. The van der Waals surface area contributed by atoms with Gasteiger partial charge in [-0.3, -0.25) is 9.78 Å². The molecule has 1 aromatic rings. The Morgan fingerprint density at radius 2 is 2.22 bits per heavy atom. The Morgan fingerprint density at radius 1 is 1.50 bits per heavy atom. The summed E-state index contributed by atoms with van der Waals surface area (Å²) in [5, 5.41) is 11.6. The summed E-state index contributed by atoms with van der Waals surface area (Å²) >= 11 is 0. The molecule has 0 saturated heterocycles. The first-order chi connectivity index (χ1) is 8.48. The van der Waals surface area contributed by atoms with Crippen molar-refractivity contribution < 1.29 is 4.79 Å². The molecule has 1 amide bonds. The lowest BCUT2D eigenvalue weighted by Crippen LogP contribution is -2.34. The predicted molar refractivity (Wildman–Crippen MR) is 70.0 cm³/mol. The van der Waals surface area contributed by atoms with Crippen LogP contribution in [0.2, 0.25) is 0 Å². The van der Waals surface area contributed by atoms with Gasteiger partial charge in [0.15, 0.2) is 0 Å². The van der Waals surface area contributed by atoms with E-state index in [-0.39, 0.29) is 11.3 Å². The Bertz CT molecular complexity index is 460. The summed E-state index contributed by atoms with van der Waals surface area (Å²) in [4.78, 5) is 15.8. The number of aromatic nitrogens is 1. The van der Waals surface area contributed by atoms with Crippen LogP contribution < -0.4 is 5.32 Å². The molecular formula is C14H19N3O. The van der Waals surface area contributed by atoms with Crippen LogP contribution in [-0.2, 0) is 0 Å². The standard InChI is InChI=1S/C14H19N3O/c1-4-5-14(2,3)10-17-13(18)12-6-11(7-15)8-16-9-12/h6,8-9H,4-5,10H2,1-3H3,(H,17,18). The van der Waals surface area contributed by atoms with Gasteiger partial charge >= 0.3 is 0 Å². The molecule has 0 radical (unpaired) electrons. The van der Waals surface area contributed by atoms with Crippen LogP contribution in [0, 0.1) is 16.7 Å². The number of hydrogen-bond donors (Lipinski definition) is 1. The molecule has 4 heteroatoms. The van der Waals surface area contributed by atoms with E-state index in [2.05, 4.69) is 31.1 Å². The molecule has 0 bridgehead atoms. The predicted octanol–water partition coefficient (Wildman–Crippen LogP) is 2.51. The van der Waals surface area contributed by atoms with Gasteiger partial charge in [0.05, 0.1) is 11.1 Å². The first-order valence-electron chi connectivity index (χ1n) is 6.12. The molecular weight excluding hydrogens is 226 g/mol. The zero-order valence-electron chi connectivity index (χ0n) is 11.2.